The molecule has 1 heterocycles. The SMILES string of the molecule is CC(C)(C)OC(=O)NCC1(C(=O)OCCl)CCOCC1. The van der Waals surface area contributed by atoms with Gasteiger partial charge in [-0.05, 0) is 33.6 Å². The Labute approximate surface area is 124 Å². The first-order chi connectivity index (χ1) is 9.29. The van der Waals surface area contributed by atoms with Gasteiger partial charge in [0.1, 0.15) is 5.60 Å². The number of amides is 1. The quantitative estimate of drug-likeness (QED) is 0.635. The third kappa shape index (κ3) is 5.17. The van der Waals surface area contributed by atoms with Crippen molar-refractivity contribution in [2.45, 2.75) is 39.2 Å². The Kier molecular flexibility index (Phi) is 6.07. The first kappa shape index (κ1) is 17.0. The number of esters is 1. The molecule has 0 aromatic carbocycles. The maximum atomic E-state index is 12.1. The highest BCUT2D eigenvalue weighted by Gasteiger charge is 2.42. The monoisotopic (exact) mass is 307 g/mol. The topological polar surface area (TPSA) is 73.9 Å². The first-order valence-electron chi connectivity index (χ1n) is 6.57. The molecule has 0 aliphatic carbocycles. The lowest BCUT2D eigenvalue weighted by molar-refractivity contribution is -0.159. The van der Waals surface area contributed by atoms with Crippen molar-refractivity contribution in [2.24, 2.45) is 5.41 Å². The number of hydrogen-bond donors (Lipinski definition) is 1. The van der Waals surface area contributed by atoms with Gasteiger partial charge in [-0.3, -0.25) is 4.79 Å². The summed E-state index contributed by atoms with van der Waals surface area (Å²) in [6.07, 6.45) is 0.416. The number of alkyl carbamates (subject to hydrolysis) is 1. The minimum absolute atomic E-state index is 0.154. The van der Waals surface area contributed by atoms with Crippen LogP contribution in [0.3, 0.4) is 0 Å². The van der Waals surface area contributed by atoms with Crippen LogP contribution in [0.2, 0.25) is 0 Å². The van der Waals surface area contributed by atoms with Crippen molar-refractivity contribution >= 4 is 23.7 Å². The summed E-state index contributed by atoms with van der Waals surface area (Å²) < 4.78 is 15.3. The maximum absolute atomic E-state index is 12.1. The van der Waals surface area contributed by atoms with E-state index in [0.717, 1.165) is 0 Å². The van der Waals surface area contributed by atoms with Gasteiger partial charge in [0.25, 0.3) is 0 Å². The van der Waals surface area contributed by atoms with E-state index in [1.807, 2.05) is 0 Å². The molecule has 0 unspecified atom stereocenters. The lowest BCUT2D eigenvalue weighted by atomic mass is 9.80. The molecule has 20 heavy (non-hydrogen) atoms. The summed E-state index contributed by atoms with van der Waals surface area (Å²) in [6.45, 7) is 6.39. The van der Waals surface area contributed by atoms with Crippen LogP contribution in [0.25, 0.3) is 0 Å². The zero-order valence-corrected chi connectivity index (χ0v) is 12.9. The number of rotatable bonds is 4. The molecule has 0 spiro atoms. The zero-order chi connectivity index (χ0) is 15.2. The number of ether oxygens (including phenoxy) is 3. The van der Waals surface area contributed by atoms with E-state index in [1.54, 1.807) is 20.8 Å². The van der Waals surface area contributed by atoms with Gasteiger partial charge in [0.2, 0.25) is 0 Å². The smallest absolute Gasteiger partial charge is 0.407 e. The highest BCUT2D eigenvalue weighted by atomic mass is 35.5. The minimum atomic E-state index is -0.788. The van der Waals surface area contributed by atoms with Crippen LogP contribution < -0.4 is 5.32 Å². The average Bonchev–Trinajstić information content (AvgIpc) is 2.36. The predicted octanol–water partition coefficient (Wildman–Crippen LogP) is 2.05. The Morgan fingerprint density at radius 3 is 2.40 bits per heavy atom. The van der Waals surface area contributed by atoms with E-state index in [4.69, 9.17) is 25.8 Å². The van der Waals surface area contributed by atoms with E-state index in [-0.39, 0.29) is 12.6 Å². The predicted molar refractivity (Wildman–Crippen MR) is 73.5 cm³/mol. The summed E-state index contributed by atoms with van der Waals surface area (Å²) in [5.74, 6) is -0.410. The van der Waals surface area contributed by atoms with E-state index in [9.17, 15) is 9.59 Å². The van der Waals surface area contributed by atoms with Gasteiger partial charge in [0, 0.05) is 19.8 Å². The van der Waals surface area contributed by atoms with Crippen molar-refractivity contribution in [3.63, 3.8) is 0 Å². The van der Waals surface area contributed by atoms with Crippen LogP contribution in [-0.2, 0) is 19.0 Å². The minimum Gasteiger partial charge on any atom is -0.449 e. The summed E-state index contributed by atoms with van der Waals surface area (Å²) >= 11 is 5.44. The fourth-order valence-electron chi connectivity index (χ4n) is 1.97. The number of halogens is 1. The van der Waals surface area contributed by atoms with Gasteiger partial charge in [-0.1, -0.05) is 11.6 Å². The third-order valence-corrected chi connectivity index (χ3v) is 3.15. The molecule has 0 bridgehead atoms. The van der Waals surface area contributed by atoms with E-state index in [2.05, 4.69) is 5.32 Å². The van der Waals surface area contributed by atoms with E-state index < -0.39 is 23.1 Å². The second-order valence-corrected chi connectivity index (χ2v) is 6.01. The number of carbonyl (C=O) groups excluding carboxylic acids is 2. The number of nitrogens with one attached hydrogen (secondary N) is 1. The normalized spacial score (nSPS) is 18.2. The van der Waals surface area contributed by atoms with Crippen LogP contribution in [0.1, 0.15) is 33.6 Å². The molecule has 0 saturated carbocycles. The number of carbonyl (C=O) groups is 2. The summed E-state index contributed by atoms with van der Waals surface area (Å²) in [6, 6.07) is -0.201. The van der Waals surface area contributed by atoms with Gasteiger partial charge in [-0.25, -0.2) is 4.79 Å². The molecule has 1 saturated heterocycles. The van der Waals surface area contributed by atoms with E-state index in [1.165, 1.54) is 0 Å². The molecule has 1 rings (SSSR count). The molecule has 0 radical (unpaired) electrons. The van der Waals surface area contributed by atoms with Crippen LogP contribution >= 0.6 is 11.6 Å². The van der Waals surface area contributed by atoms with Crippen LogP contribution in [0.4, 0.5) is 4.79 Å². The highest BCUT2D eigenvalue weighted by molar-refractivity contribution is 6.17. The Balaban J connectivity index is 2.61. The molecule has 0 aromatic heterocycles. The Hall–Kier alpha value is -1.01. The lowest BCUT2D eigenvalue weighted by Crippen LogP contribution is -2.48. The molecule has 1 aliphatic heterocycles. The van der Waals surface area contributed by atoms with Gasteiger partial charge in [0.05, 0.1) is 5.41 Å². The van der Waals surface area contributed by atoms with Crippen LogP contribution in [0.5, 0.6) is 0 Å². The van der Waals surface area contributed by atoms with Crippen LogP contribution in [0, 0.1) is 5.41 Å². The molecule has 7 heteroatoms. The fraction of sp³-hybridized carbons (Fsp3) is 0.846. The Bertz CT molecular complexity index is 347. The van der Waals surface area contributed by atoms with Gasteiger partial charge >= 0.3 is 12.1 Å². The highest BCUT2D eigenvalue weighted by Crippen LogP contribution is 2.31. The molecular formula is C13H22ClNO5. The second-order valence-electron chi connectivity index (χ2n) is 5.79. The van der Waals surface area contributed by atoms with Crippen molar-refractivity contribution in [3.05, 3.63) is 0 Å². The van der Waals surface area contributed by atoms with Crippen molar-refractivity contribution in [1.82, 2.24) is 5.32 Å². The van der Waals surface area contributed by atoms with Crippen molar-refractivity contribution in [1.29, 1.82) is 0 Å². The molecule has 0 aromatic rings. The van der Waals surface area contributed by atoms with Gasteiger partial charge < -0.3 is 19.5 Å². The third-order valence-electron chi connectivity index (χ3n) is 3.04. The van der Waals surface area contributed by atoms with Gasteiger partial charge in [0.15, 0.2) is 6.07 Å². The van der Waals surface area contributed by atoms with Crippen LogP contribution in [0.15, 0.2) is 0 Å². The van der Waals surface area contributed by atoms with Gasteiger partial charge in [-0.15, -0.1) is 0 Å². The molecule has 1 N–H and O–H groups in total. The molecule has 1 fully saturated rings. The fourth-order valence-corrected chi connectivity index (χ4v) is 2.07. The largest absolute Gasteiger partial charge is 0.449 e. The molecule has 1 aliphatic rings. The standard InChI is InChI=1S/C13H22ClNO5/c1-12(2,3)20-11(17)15-8-13(10(16)19-9-14)4-6-18-7-5-13/h4-9H2,1-3H3,(H,15,17). The second kappa shape index (κ2) is 7.13. The number of hydrogen-bond acceptors (Lipinski definition) is 5. The molecular weight excluding hydrogens is 286 g/mol. The average molecular weight is 308 g/mol. The van der Waals surface area contributed by atoms with Crippen molar-refractivity contribution in [2.75, 3.05) is 25.8 Å². The number of alkyl halides is 1. The van der Waals surface area contributed by atoms with Gasteiger partial charge in [-0.2, -0.15) is 0 Å². The Morgan fingerprint density at radius 1 is 1.30 bits per heavy atom. The molecule has 6 nitrogen and oxygen atoms in total. The molecule has 0 atom stereocenters. The van der Waals surface area contributed by atoms with Crippen LogP contribution in [-0.4, -0.2) is 43.5 Å². The summed E-state index contributed by atoms with van der Waals surface area (Å²) in [7, 11) is 0. The summed E-state index contributed by atoms with van der Waals surface area (Å²) in [4.78, 5) is 23.7. The van der Waals surface area contributed by atoms with Crippen molar-refractivity contribution in [3.8, 4) is 0 Å². The van der Waals surface area contributed by atoms with Crippen molar-refractivity contribution < 1.29 is 23.8 Å². The Morgan fingerprint density at radius 2 is 1.90 bits per heavy atom. The summed E-state index contributed by atoms with van der Waals surface area (Å²) in [5.41, 5.74) is -1.37. The maximum Gasteiger partial charge on any atom is 0.407 e. The zero-order valence-electron chi connectivity index (χ0n) is 12.2. The van der Waals surface area contributed by atoms with E-state index in [0.29, 0.717) is 26.1 Å². The van der Waals surface area contributed by atoms with E-state index >= 15 is 0 Å². The molecule has 1 amide bonds. The lowest BCUT2D eigenvalue weighted by Gasteiger charge is -2.34. The molecule has 116 valence electrons. The summed E-state index contributed by atoms with van der Waals surface area (Å²) in [5, 5.41) is 2.63. The first-order valence-corrected chi connectivity index (χ1v) is 7.10.